The minimum absolute atomic E-state index is 0.0451. The molecule has 1 atom stereocenters. The van der Waals surface area contributed by atoms with E-state index in [0.717, 1.165) is 25.2 Å². The second-order valence-corrected chi connectivity index (χ2v) is 6.05. The molecule has 0 aromatic heterocycles. The number of amides is 1. The van der Waals surface area contributed by atoms with Crippen LogP contribution in [-0.2, 0) is 4.79 Å². The molecule has 0 bridgehead atoms. The second-order valence-electron chi connectivity index (χ2n) is 6.05. The molecule has 3 N–H and O–H groups in total. The van der Waals surface area contributed by atoms with Gasteiger partial charge in [-0.05, 0) is 31.6 Å². The molecule has 1 saturated heterocycles. The van der Waals surface area contributed by atoms with Crippen molar-refractivity contribution in [2.24, 2.45) is 5.92 Å². The van der Waals surface area contributed by atoms with Gasteiger partial charge in [0.25, 0.3) is 5.91 Å². The summed E-state index contributed by atoms with van der Waals surface area (Å²) in [6, 6.07) is -0.196. The van der Waals surface area contributed by atoms with Crippen LogP contribution in [0, 0.1) is 11.3 Å². The van der Waals surface area contributed by atoms with E-state index < -0.39 is 0 Å². The van der Waals surface area contributed by atoms with Crippen LogP contribution in [0.4, 0.5) is 0 Å². The van der Waals surface area contributed by atoms with Crippen molar-refractivity contribution in [3.63, 3.8) is 0 Å². The number of aliphatic hydroxyl groups is 1. The van der Waals surface area contributed by atoms with Crippen molar-refractivity contribution >= 4 is 11.9 Å². The lowest BCUT2D eigenvalue weighted by molar-refractivity contribution is -0.127. The van der Waals surface area contributed by atoms with Gasteiger partial charge in [0.05, 0.1) is 0 Å². The summed E-state index contributed by atoms with van der Waals surface area (Å²) in [7, 11) is 0. The smallest absolute Gasteiger partial charge is 0.251 e. The Kier molecular flexibility index (Phi) is 5.83. The SMILES string of the molecule is N=C1NC(CCC2CCCCC2)C(=O)N1CCCCO. The molecule has 5 nitrogen and oxygen atoms in total. The van der Waals surface area contributed by atoms with Crippen molar-refractivity contribution in [1.82, 2.24) is 10.2 Å². The molecule has 0 aromatic rings. The fourth-order valence-electron chi connectivity index (χ4n) is 3.28. The highest BCUT2D eigenvalue weighted by atomic mass is 16.3. The molecule has 2 aliphatic rings. The number of hydrogen-bond donors (Lipinski definition) is 3. The molecule has 0 radical (unpaired) electrons. The molecular weight excluding hydrogens is 254 g/mol. The molecule has 0 aromatic carbocycles. The standard InChI is InChI=1S/C15H27N3O2/c16-15-17-13(9-8-12-6-2-1-3-7-12)14(20)18(15)10-4-5-11-19/h12-13,19H,1-11H2,(H2,16,17). The van der Waals surface area contributed by atoms with Crippen LogP contribution < -0.4 is 5.32 Å². The van der Waals surface area contributed by atoms with Gasteiger partial charge in [0.15, 0.2) is 5.96 Å². The summed E-state index contributed by atoms with van der Waals surface area (Å²) in [5, 5.41) is 19.7. The summed E-state index contributed by atoms with van der Waals surface area (Å²) in [4.78, 5) is 13.8. The average Bonchev–Trinajstić information content (AvgIpc) is 2.74. The maximum Gasteiger partial charge on any atom is 0.251 e. The third kappa shape index (κ3) is 3.95. The summed E-state index contributed by atoms with van der Waals surface area (Å²) in [5.74, 6) is 1.06. The van der Waals surface area contributed by atoms with Gasteiger partial charge < -0.3 is 10.4 Å². The minimum Gasteiger partial charge on any atom is -0.396 e. The van der Waals surface area contributed by atoms with Gasteiger partial charge in [0, 0.05) is 13.2 Å². The van der Waals surface area contributed by atoms with Crippen LogP contribution in [0.15, 0.2) is 0 Å². The molecule has 5 heteroatoms. The van der Waals surface area contributed by atoms with Gasteiger partial charge in [-0.2, -0.15) is 0 Å². The largest absolute Gasteiger partial charge is 0.396 e. The summed E-state index contributed by atoms with van der Waals surface area (Å²) < 4.78 is 0. The number of nitrogens with zero attached hydrogens (tertiary/aromatic N) is 1. The topological polar surface area (TPSA) is 76.4 Å². The van der Waals surface area contributed by atoms with Crippen molar-refractivity contribution in [3.8, 4) is 0 Å². The average molecular weight is 281 g/mol. The van der Waals surface area contributed by atoms with E-state index in [1.54, 1.807) is 0 Å². The first-order chi connectivity index (χ1) is 9.72. The Balaban J connectivity index is 1.75. The van der Waals surface area contributed by atoms with Crippen LogP contribution in [-0.4, -0.2) is 41.1 Å². The number of aliphatic hydroxyl groups excluding tert-OH is 1. The Morgan fingerprint density at radius 2 is 1.95 bits per heavy atom. The number of carbonyl (C=O) groups is 1. The van der Waals surface area contributed by atoms with E-state index in [2.05, 4.69) is 5.32 Å². The van der Waals surface area contributed by atoms with Crippen molar-refractivity contribution in [2.75, 3.05) is 13.2 Å². The van der Waals surface area contributed by atoms with Gasteiger partial charge in [-0.15, -0.1) is 0 Å². The first-order valence-electron chi connectivity index (χ1n) is 7.99. The molecule has 114 valence electrons. The van der Waals surface area contributed by atoms with Gasteiger partial charge in [0.1, 0.15) is 6.04 Å². The maximum absolute atomic E-state index is 12.2. The highest BCUT2D eigenvalue weighted by Crippen LogP contribution is 2.28. The first-order valence-corrected chi connectivity index (χ1v) is 7.99. The zero-order chi connectivity index (χ0) is 14.4. The fourth-order valence-corrected chi connectivity index (χ4v) is 3.28. The summed E-state index contributed by atoms with van der Waals surface area (Å²) in [6.45, 7) is 0.694. The molecule has 2 rings (SSSR count). The van der Waals surface area contributed by atoms with Crippen LogP contribution in [0.3, 0.4) is 0 Å². The zero-order valence-electron chi connectivity index (χ0n) is 12.2. The lowest BCUT2D eigenvalue weighted by Gasteiger charge is -2.22. The van der Waals surface area contributed by atoms with Crippen LogP contribution in [0.5, 0.6) is 0 Å². The van der Waals surface area contributed by atoms with E-state index in [4.69, 9.17) is 10.5 Å². The Morgan fingerprint density at radius 3 is 2.65 bits per heavy atom. The number of rotatable bonds is 7. The van der Waals surface area contributed by atoms with Gasteiger partial charge in [-0.1, -0.05) is 32.1 Å². The number of hydrogen-bond acceptors (Lipinski definition) is 3. The Morgan fingerprint density at radius 1 is 1.20 bits per heavy atom. The van der Waals surface area contributed by atoms with E-state index in [0.29, 0.717) is 13.0 Å². The molecule has 1 unspecified atom stereocenters. The van der Waals surface area contributed by atoms with E-state index in [-0.39, 0.29) is 24.5 Å². The van der Waals surface area contributed by atoms with Crippen molar-refractivity contribution in [2.45, 2.75) is 63.8 Å². The minimum atomic E-state index is -0.196. The third-order valence-corrected chi connectivity index (χ3v) is 4.52. The second kappa shape index (κ2) is 7.62. The lowest BCUT2D eigenvalue weighted by Crippen LogP contribution is -2.33. The first kappa shape index (κ1) is 15.3. The summed E-state index contributed by atoms with van der Waals surface area (Å²) in [5.41, 5.74) is 0. The highest BCUT2D eigenvalue weighted by molar-refractivity contribution is 6.05. The molecule has 1 aliphatic carbocycles. The van der Waals surface area contributed by atoms with Crippen LogP contribution >= 0.6 is 0 Å². The van der Waals surface area contributed by atoms with Crippen molar-refractivity contribution in [3.05, 3.63) is 0 Å². The van der Waals surface area contributed by atoms with Crippen LogP contribution in [0.25, 0.3) is 0 Å². The molecule has 1 heterocycles. The fraction of sp³-hybridized carbons (Fsp3) is 0.867. The lowest BCUT2D eigenvalue weighted by atomic mass is 9.85. The summed E-state index contributed by atoms with van der Waals surface area (Å²) >= 11 is 0. The van der Waals surface area contributed by atoms with Crippen LogP contribution in [0.2, 0.25) is 0 Å². The molecule has 1 amide bonds. The monoisotopic (exact) mass is 281 g/mol. The number of carbonyl (C=O) groups excluding carboxylic acids is 1. The van der Waals surface area contributed by atoms with Crippen LogP contribution in [0.1, 0.15) is 57.8 Å². The van der Waals surface area contributed by atoms with Gasteiger partial charge in [-0.3, -0.25) is 15.1 Å². The molecular formula is C15H27N3O2. The number of guanidine groups is 1. The Hall–Kier alpha value is -1.10. The van der Waals surface area contributed by atoms with Gasteiger partial charge >= 0.3 is 0 Å². The molecule has 20 heavy (non-hydrogen) atoms. The predicted octanol–water partition coefficient (Wildman–Crippen LogP) is 1.85. The van der Waals surface area contributed by atoms with E-state index in [1.807, 2.05) is 0 Å². The van der Waals surface area contributed by atoms with E-state index in [1.165, 1.54) is 37.0 Å². The predicted molar refractivity (Wildman–Crippen MR) is 78.5 cm³/mol. The summed E-state index contributed by atoms with van der Waals surface area (Å²) in [6.07, 6.45) is 10.0. The molecule has 1 aliphatic heterocycles. The van der Waals surface area contributed by atoms with E-state index >= 15 is 0 Å². The molecule has 0 spiro atoms. The van der Waals surface area contributed by atoms with Gasteiger partial charge in [-0.25, -0.2) is 0 Å². The molecule has 2 fully saturated rings. The Bertz CT molecular complexity index is 340. The third-order valence-electron chi connectivity index (χ3n) is 4.52. The van der Waals surface area contributed by atoms with E-state index in [9.17, 15) is 4.79 Å². The number of unbranched alkanes of at least 4 members (excludes halogenated alkanes) is 1. The van der Waals surface area contributed by atoms with Gasteiger partial charge in [0.2, 0.25) is 0 Å². The highest BCUT2D eigenvalue weighted by Gasteiger charge is 2.35. The normalized spacial score (nSPS) is 24.2. The van der Waals surface area contributed by atoms with Crippen molar-refractivity contribution < 1.29 is 9.90 Å². The zero-order valence-corrected chi connectivity index (χ0v) is 12.2. The maximum atomic E-state index is 12.2. The number of nitrogens with one attached hydrogen (secondary N) is 2. The quantitative estimate of drug-likeness (QED) is 0.623. The Labute approximate surface area is 121 Å². The molecule has 1 saturated carbocycles. The van der Waals surface area contributed by atoms with Crippen molar-refractivity contribution in [1.29, 1.82) is 5.41 Å².